The number of benzene rings is 3. The van der Waals surface area contributed by atoms with Gasteiger partial charge in [0.15, 0.2) is 0 Å². The second-order valence-electron chi connectivity index (χ2n) is 12.1. The molecule has 1 saturated heterocycles. The number of hydrogen-bond acceptors (Lipinski definition) is 5. The predicted molar refractivity (Wildman–Crippen MR) is 164 cm³/mol. The molecule has 1 aliphatic heterocycles. The van der Waals surface area contributed by atoms with Crippen molar-refractivity contribution in [1.29, 1.82) is 0 Å². The van der Waals surface area contributed by atoms with Crippen LogP contribution < -0.4 is 15.5 Å². The van der Waals surface area contributed by atoms with E-state index in [1.807, 2.05) is 26.2 Å². The summed E-state index contributed by atoms with van der Waals surface area (Å²) in [5, 5.41) is 16.8. The van der Waals surface area contributed by atoms with E-state index in [-0.39, 0.29) is 24.1 Å². The molecule has 3 aromatic carbocycles. The van der Waals surface area contributed by atoms with Crippen molar-refractivity contribution in [1.82, 2.24) is 15.5 Å². The highest BCUT2D eigenvalue weighted by atomic mass is 19.4. The van der Waals surface area contributed by atoms with Gasteiger partial charge in [-0.3, -0.25) is 14.5 Å². The van der Waals surface area contributed by atoms with Gasteiger partial charge in [-0.2, -0.15) is 13.2 Å². The van der Waals surface area contributed by atoms with Crippen LogP contribution in [0.1, 0.15) is 53.6 Å². The summed E-state index contributed by atoms with van der Waals surface area (Å²) in [5.41, 5.74) is 2.38. The first kappa shape index (κ1) is 31.5. The van der Waals surface area contributed by atoms with E-state index in [2.05, 4.69) is 56.8 Å². The number of rotatable bonds is 8. The zero-order valence-corrected chi connectivity index (χ0v) is 25.0. The van der Waals surface area contributed by atoms with E-state index in [0.717, 1.165) is 60.3 Å². The zero-order chi connectivity index (χ0) is 31.5. The van der Waals surface area contributed by atoms with Crippen LogP contribution in [0.15, 0.2) is 72.8 Å². The molecule has 5 rings (SSSR count). The van der Waals surface area contributed by atoms with E-state index < -0.39 is 23.2 Å². The quantitative estimate of drug-likeness (QED) is 0.328. The molecule has 2 aliphatic rings. The number of halogens is 3. The Bertz CT molecular complexity index is 1450. The Morgan fingerprint density at radius 2 is 1.59 bits per heavy atom. The van der Waals surface area contributed by atoms with Crippen molar-refractivity contribution in [3.8, 4) is 11.1 Å². The molecule has 2 amide bonds. The fraction of sp³-hybridized carbons (Fsp3) is 0.412. The van der Waals surface area contributed by atoms with E-state index in [0.29, 0.717) is 25.4 Å². The van der Waals surface area contributed by atoms with Crippen LogP contribution in [0, 0.1) is 0 Å². The lowest BCUT2D eigenvalue weighted by atomic mass is 9.77. The Hall–Kier alpha value is -3.89. The molecule has 0 spiro atoms. The lowest BCUT2D eigenvalue weighted by Crippen LogP contribution is -2.45. The molecule has 3 aromatic rings. The highest BCUT2D eigenvalue weighted by molar-refractivity contribution is 5.96. The number of hydrogen-bond donors (Lipinski definition) is 3. The number of nitrogens with zero attached hydrogens (tertiary/aromatic N) is 2. The van der Waals surface area contributed by atoms with Gasteiger partial charge in [0.2, 0.25) is 5.91 Å². The van der Waals surface area contributed by atoms with Crippen molar-refractivity contribution < 1.29 is 27.9 Å². The number of nitrogens with one attached hydrogen (secondary N) is 2. The molecule has 1 aliphatic carbocycles. The minimum atomic E-state index is -4.55. The van der Waals surface area contributed by atoms with Gasteiger partial charge in [-0.1, -0.05) is 42.5 Å². The summed E-state index contributed by atoms with van der Waals surface area (Å²) in [6.45, 7) is 1.19. The van der Waals surface area contributed by atoms with Crippen molar-refractivity contribution >= 4 is 17.5 Å². The van der Waals surface area contributed by atoms with Gasteiger partial charge in [-0.25, -0.2) is 0 Å². The van der Waals surface area contributed by atoms with Crippen molar-refractivity contribution in [2.24, 2.45) is 0 Å². The maximum Gasteiger partial charge on any atom is 0.416 e. The molecular weight excluding hydrogens is 569 g/mol. The second-order valence-corrected chi connectivity index (χ2v) is 12.1. The van der Waals surface area contributed by atoms with E-state index >= 15 is 0 Å². The molecule has 234 valence electrons. The Morgan fingerprint density at radius 3 is 2.20 bits per heavy atom. The molecule has 1 saturated carbocycles. The van der Waals surface area contributed by atoms with Gasteiger partial charge in [0.1, 0.15) is 0 Å². The molecule has 1 heterocycles. The molecule has 0 unspecified atom stereocenters. The minimum Gasteiger partial charge on any atom is -0.385 e. The first-order valence-corrected chi connectivity index (χ1v) is 15.0. The number of alkyl halides is 3. The van der Waals surface area contributed by atoms with Crippen molar-refractivity contribution in [2.75, 3.05) is 38.6 Å². The fourth-order valence-electron chi connectivity index (χ4n) is 6.27. The van der Waals surface area contributed by atoms with Crippen LogP contribution in [0.5, 0.6) is 0 Å². The molecule has 0 radical (unpaired) electrons. The summed E-state index contributed by atoms with van der Waals surface area (Å²) in [7, 11) is 4.03. The summed E-state index contributed by atoms with van der Waals surface area (Å²) < 4.78 is 38.8. The average Bonchev–Trinajstić information content (AvgIpc) is 3.48. The highest BCUT2D eigenvalue weighted by Gasteiger charge is 2.38. The average molecular weight is 609 g/mol. The van der Waals surface area contributed by atoms with Crippen LogP contribution in [0.25, 0.3) is 11.1 Å². The molecule has 44 heavy (non-hydrogen) atoms. The normalized spacial score (nSPS) is 22.4. The van der Waals surface area contributed by atoms with Gasteiger partial charge in [-0.05, 0) is 79.1 Å². The van der Waals surface area contributed by atoms with E-state index in [4.69, 9.17) is 0 Å². The first-order valence-electron chi connectivity index (χ1n) is 15.0. The number of likely N-dealkylation sites (tertiary alicyclic amines) is 1. The summed E-state index contributed by atoms with van der Waals surface area (Å²) >= 11 is 0. The topological polar surface area (TPSA) is 84.9 Å². The molecule has 3 N–H and O–H groups in total. The molecule has 2 fully saturated rings. The standard InChI is InChI=1S/C34H39F3N4O3/c1-40(2)29-12-8-24(9-13-29)23-6-10-26(11-7-23)33(44)17-14-30(15-18-33)41-19-16-28(22-41)39-31(42)21-38-32(43)25-4-3-5-27(20-25)34(35,36)37/h3-13,20,28,30,44H,14-19,21-22H2,1-2H3,(H,38,43)(H,39,42)/t28-,30?,33?/m1/s1. The molecule has 0 aromatic heterocycles. The van der Waals surface area contributed by atoms with Gasteiger partial charge in [0.25, 0.3) is 5.91 Å². The molecule has 10 heteroatoms. The number of carbonyl (C=O) groups excluding carboxylic acids is 2. The second kappa shape index (κ2) is 13.0. The first-order chi connectivity index (χ1) is 20.9. The fourth-order valence-corrected chi connectivity index (χ4v) is 6.27. The summed E-state index contributed by atoms with van der Waals surface area (Å²) in [6.07, 6.45) is -0.779. The molecule has 7 nitrogen and oxygen atoms in total. The highest BCUT2D eigenvalue weighted by Crippen LogP contribution is 2.40. The third-order valence-electron chi connectivity index (χ3n) is 8.88. The molecule has 0 bridgehead atoms. The maximum atomic E-state index is 12.9. The lowest BCUT2D eigenvalue weighted by molar-refractivity contribution is -0.137. The summed E-state index contributed by atoms with van der Waals surface area (Å²) in [5.74, 6) is -1.12. The number of carbonyl (C=O) groups is 2. The monoisotopic (exact) mass is 608 g/mol. The van der Waals surface area contributed by atoms with Crippen LogP contribution in [-0.2, 0) is 16.6 Å². The van der Waals surface area contributed by atoms with Gasteiger partial charge < -0.3 is 20.6 Å². The summed E-state index contributed by atoms with van der Waals surface area (Å²) in [4.78, 5) is 29.2. The number of aliphatic hydroxyl groups is 1. The SMILES string of the molecule is CN(C)c1ccc(-c2ccc(C3(O)CCC(N4CC[C@@H](NC(=O)CNC(=O)c5cccc(C(F)(F)F)c5)C4)CC3)cc2)cc1. The Balaban J connectivity index is 1.07. The third kappa shape index (κ3) is 7.42. The van der Waals surface area contributed by atoms with Crippen LogP contribution in [0.4, 0.5) is 18.9 Å². The number of amides is 2. The van der Waals surface area contributed by atoms with Crippen molar-refractivity contribution in [3.63, 3.8) is 0 Å². The lowest BCUT2D eigenvalue weighted by Gasteiger charge is -2.40. The van der Waals surface area contributed by atoms with E-state index in [1.54, 1.807) is 0 Å². The van der Waals surface area contributed by atoms with Crippen LogP contribution in [-0.4, -0.2) is 67.6 Å². The summed E-state index contributed by atoms with van der Waals surface area (Å²) in [6, 6.07) is 20.9. The maximum absolute atomic E-state index is 12.9. The number of anilines is 1. The third-order valence-corrected chi connectivity index (χ3v) is 8.88. The van der Waals surface area contributed by atoms with E-state index in [1.165, 1.54) is 12.1 Å². The van der Waals surface area contributed by atoms with Gasteiger partial charge >= 0.3 is 6.18 Å². The van der Waals surface area contributed by atoms with Gasteiger partial charge in [0.05, 0.1) is 17.7 Å². The largest absolute Gasteiger partial charge is 0.416 e. The Kier molecular flexibility index (Phi) is 9.31. The smallest absolute Gasteiger partial charge is 0.385 e. The van der Waals surface area contributed by atoms with Crippen LogP contribution in [0.3, 0.4) is 0 Å². The van der Waals surface area contributed by atoms with Crippen LogP contribution in [0.2, 0.25) is 0 Å². The Morgan fingerprint density at radius 1 is 0.955 bits per heavy atom. The molecular formula is C34H39F3N4O3. The van der Waals surface area contributed by atoms with Crippen molar-refractivity contribution in [3.05, 3.63) is 89.5 Å². The Labute approximate surface area is 256 Å². The van der Waals surface area contributed by atoms with E-state index in [9.17, 15) is 27.9 Å². The van der Waals surface area contributed by atoms with Gasteiger partial charge in [-0.15, -0.1) is 0 Å². The van der Waals surface area contributed by atoms with Crippen LogP contribution >= 0.6 is 0 Å². The van der Waals surface area contributed by atoms with Gasteiger partial charge in [0, 0.05) is 50.5 Å². The zero-order valence-electron chi connectivity index (χ0n) is 25.0. The minimum absolute atomic E-state index is 0.0758. The predicted octanol–water partition coefficient (Wildman–Crippen LogP) is 5.19. The molecule has 1 atom stereocenters. The van der Waals surface area contributed by atoms with Crippen molar-refractivity contribution in [2.45, 2.75) is 56.0 Å².